The van der Waals surface area contributed by atoms with Crippen molar-refractivity contribution in [2.45, 2.75) is 19.4 Å². The molecular formula is C14H16N2O2. The first-order chi connectivity index (χ1) is 8.70. The standard InChI is InChI=1S/C14H16N2O2/c1-10-13(5-6-18-10)9-16-14(17)12-4-2-3-11(7-12)8-15/h2-4,7,10,13H,5-6,9H2,1H3,(H,16,17). The fourth-order valence-corrected chi connectivity index (χ4v) is 2.10. The Hall–Kier alpha value is -1.86. The molecule has 4 nitrogen and oxygen atoms in total. The van der Waals surface area contributed by atoms with Gasteiger partial charge in [-0.3, -0.25) is 4.79 Å². The molecule has 4 heteroatoms. The van der Waals surface area contributed by atoms with Crippen molar-refractivity contribution in [3.05, 3.63) is 35.4 Å². The largest absolute Gasteiger partial charge is 0.378 e. The predicted molar refractivity (Wildman–Crippen MR) is 67.0 cm³/mol. The third-order valence-corrected chi connectivity index (χ3v) is 3.31. The quantitative estimate of drug-likeness (QED) is 0.880. The van der Waals surface area contributed by atoms with Crippen LogP contribution in [-0.4, -0.2) is 25.2 Å². The van der Waals surface area contributed by atoms with E-state index in [2.05, 4.69) is 5.32 Å². The molecule has 1 aliphatic heterocycles. The van der Waals surface area contributed by atoms with Crippen LogP contribution in [-0.2, 0) is 4.74 Å². The molecule has 0 bridgehead atoms. The van der Waals surface area contributed by atoms with E-state index in [1.807, 2.05) is 13.0 Å². The van der Waals surface area contributed by atoms with Crippen LogP contribution in [0.5, 0.6) is 0 Å². The van der Waals surface area contributed by atoms with Gasteiger partial charge in [-0.25, -0.2) is 0 Å². The highest BCUT2D eigenvalue weighted by Gasteiger charge is 2.24. The van der Waals surface area contributed by atoms with Crippen LogP contribution in [0.2, 0.25) is 0 Å². The van der Waals surface area contributed by atoms with Gasteiger partial charge in [0.05, 0.1) is 17.7 Å². The number of carbonyl (C=O) groups excluding carboxylic acids is 1. The summed E-state index contributed by atoms with van der Waals surface area (Å²) in [7, 11) is 0. The molecule has 0 aliphatic carbocycles. The van der Waals surface area contributed by atoms with Gasteiger partial charge in [-0.05, 0) is 31.5 Å². The van der Waals surface area contributed by atoms with E-state index in [0.717, 1.165) is 13.0 Å². The molecule has 18 heavy (non-hydrogen) atoms. The van der Waals surface area contributed by atoms with Gasteiger partial charge in [-0.2, -0.15) is 5.26 Å². The third kappa shape index (κ3) is 2.88. The Kier molecular flexibility index (Phi) is 3.96. The molecule has 2 atom stereocenters. The Labute approximate surface area is 107 Å². The van der Waals surface area contributed by atoms with Gasteiger partial charge >= 0.3 is 0 Å². The van der Waals surface area contributed by atoms with Crippen molar-refractivity contribution in [3.63, 3.8) is 0 Å². The highest BCUT2D eigenvalue weighted by molar-refractivity contribution is 5.94. The molecule has 1 saturated heterocycles. The molecule has 1 heterocycles. The topological polar surface area (TPSA) is 62.1 Å². The van der Waals surface area contributed by atoms with Crippen molar-refractivity contribution in [2.24, 2.45) is 5.92 Å². The summed E-state index contributed by atoms with van der Waals surface area (Å²) < 4.78 is 5.45. The van der Waals surface area contributed by atoms with Crippen LogP contribution >= 0.6 is 0 Å². The van der Waals surface area contributed by atoms with Crippen LogP contribution in [0.15, 0.2) is 24.3 Å². The van der Waals surface area contributed by atoms with Crippen molar-refractivity contribution in [1.29, 1.82) is 5.26 Å². The monoisotopic (exact) mass is 244 g/mol. The van der Waals surface area contributed by atoms with Gasteiger partial charge in [0.2, 0.25) is 0 Å². The summed E-state index contributed by atoms with van der Waals surface area (Å²) in [5.74, 6) is 0.249. The lowest BCUT2D eigenvalue weighted by atomic mass is 10.0. The molecule has 1 aliphatic rings. The van der Waals surface area contributed by atoms with E-state index in [0.29, 0.717) is 23.6 Å². The maximum absolute atomic E-state index is 11.9. The zero-order valence-corrected chi connectivity index (χ0v) is 10.3. The average molecular weight is 244 g/mol. The number of carbonyl (C=O) groups is 1. The van der Waals surface area contributed by atoms with Crippen molar-refractivity contribution >= 4 is 5.91 Å². The Balaban J connectivity index is 1.93. The second kappa shape index (κ2) is 5.65. The van der Waals surface area contributed by atoms with E-state index in [4.69, 9.17) is 10.00 Å². The number of ether oxygens (including phenoxy) is 1. The number of hydrogen-bond donors (Lipinski definition) is 1. The number of benzene rings is 1. The molecule has 0 saturated carbocycles. The van der Waals surface area contributed by atoms with Gasteiger partial charge in [0.15, 0.2) is 0 Å². The summed E-state index contributed by atoms with van der Waals surface area (Å²) in [5, 5.41) is 11.7. The fraction of sp³-hybridized carbons (Fsp3) is 0.429. The number of nitrogens with zero attached hydrogens (tertiary/aromatic N) is 1. The molecule has 2 rings (SSSR count). The van der Waals surface area contributed by atoms with E-state index >= 15 is 0 Å². The molecular weight excluding hydrogens is 228 g/mol. The summed E-state index contributed by atoms with van der Waals surface area (Å²) >= 11 is 0. The van der Waals surface area contributed by atoms with E-state index in [1.165, 1.54) is 0 Å². The summed E-state index contributed by atoms with van der Waals surface area (Å²) in [5.41, 5.74) is 1.03. The van der Waals surface area contributed by atoms with E-state index in [1.54, 1.807) is 24.3 Å². The lowest BCUT2D eigenvalue weighted by Gasteiger charge is -2.14. The lowest BCUT2D eigenvalue weighted by Crippen LogP contribution is -2.31. The van der Waals surface area contributed by atoms with Gasteiger partial charge < -0.3 is 10.1 Å². The first-order valence-electron chi connectivity index (χ1n) is 6.10. The smallest absolute Gasteiger partial charge is 0.251 e. The minimum atomic E-state index is -0.133. The number of rotatable bonds is 3. The molecule has 0 aromatic heterocycles. The molecule has 1 aromatic carbocycles. The van der Waals surface area contributed by atoms with Gasteiger partial charge in [-0.1, -0.05) is 6.07 Å². The predicted octanol–water partition coefficient (Wildman–Crippen LogP) is 1.71. The van der Waals surface area contributed by atoms with E-state index < -0.39 is 0 Å². The Bertz CT molecular complexity index is 479. The first-order valence-corrected chi connectivity index (χ1v) is 6.10. The number of nitriles is 1. The van der Waals surface area contributed by atoms with E-state index in [-0.39, 0.29) is 12.0 Å². The minimum absolute atomic E-state index is 0.133. The summed E-state index contributed by atoms with van der Waals surface area (Å²) in [6.45, 7) is 3.42. The molecule has 1 aromatic rings. The second-order valence-corrected chi connectivity index (χ2v) is 4.53. The molecule has 94 valence electrons. The van der Waals surface area contributed by atoms with Crippen LogP contribution in [0, 0.1) is 17.2 Å². The maximum atomic E-state index is 11.9. The maximum Gasteiger partial charge on any atom is 0.251 e. The number of hydrogen-bond acceptors (Lipinski definition) is 3. The molecule has 1 fully saturated rings. The van der Waals surface area contributed by atoms with Gasteiger partial charge in [0.1, 0.15) is 0 Å². The molecule has 1 amide bonds. The summed E-state index contributed by atoms with van der Waals surface area (Å²) in [4.78, 5) is 11.9. The summed E-state index contributed by atoms with van der Waals surface area (Å²) in [6, 6.07) is 8.74. The van der Waals surface area contributed by atoms with Crippen LogP contribution in [0.25, 0.3) is 0 Å². The Morgan fingerprint density at radius 1 is 1.61 bits per heavy atom. The molecule has 0 radical (unpaired) electrons. The lowest BCUT2D eigenvalue weighted by molar-refractivity contribution is 0.0907. The van der Waals surface area contributed by atoms with Gasteiger partial charge in [0, 0.05) is 24.6 Å². The van der Waals surface area contributed by atoms with Crippen LogP contribution in [0.1, 0.15) is 29.3 Å². The number of nitrogens with one attached hydrogen (secondary N) is 1. The average Bonchev–Trinajstić information content (AvgIpc) is 2.81. The third-order valence-electron chi connectivity index (χ3n) is 3.31. The number of amides is 1. The van der Waals surface area contributed by atoms with Gasteiger partial charge in [0.25, 0.3) is 5.91 Å². The van der Waals surface area contributed by atoms with Crippen LogP contribution < -0.4 is 5.32 Å². The zero-order chi connectivity index (χ0) is 13.0. The Morgan fingerprint density at radius 2 is 2.44 bits per heavy atom. The van der Waals surface area contributed by atoms with Crippen molar-refractivity contribution in [3.8, 4) is 6.07 Å². The molecule has 1 N–H and O–H groups in total. The van der Waals surface area contributed by atoms with Crippen LogP contribution in [0.3, 0.4) is 0 Å². The zero-order valence-electron chi connectivity index (χ0n) is 10.3. The second-order valence-electron chi connectivity index (χ2n) is 4.53. The minimum Gasteiger partial charge on any atom is -0.378 e. The Morgan fingerprint density at radius 3 is 3.11 bits per heavy atom. The van der Waals surface area contributed by atoms with E-state index in [9.17, 15) is 4.79 Å². The normalized spacial score (nSPS) is 22.4. The van der Waals surface area contributed by atoms with Crippen molar-refractivity contribution < 1.29 is 9.53 Å². The highest BCUT2D eigenvalue weighted by Crippen LogP contribution is 2.19. The van der Waals surface area contributed by atoms with Crippen molar-refractivity contribution in [2.75, 3.05) is 13.2 Å². The summed E-state index contributed by atoms with van der Waals surface area (Å²) in [6.07, 6.45) is 1.19. The van der Waals surface area contributed by atoms with Crippen molar-refractivity contribution in [1.82, 2.24) is 5.32 Å². The molecule has 2 unspecified atom stereocenters. The fourth-order valence-electron chi connectivity index (χ4n) is 2.10. The van der Waals surface area contributed by atoms with Crippen LogP contribution in [0.4, 0.5) is 0 Å². The molecule has 0 spiro atoms. The van der Waals surface area contributed by atoms with Gasteiger partial charge in [-0.15, -0.1) is 0 Å². The highest BCUT2D eigenvalue weighted by atomic mass is 16.5. The first kappa shape index (κ1) is 12.6. The SMILES string of the molecule is CC1OCCC1CNC(=O)c1cccc(C#N)c1.